The maximum Gasteiger partial charge on any atom is 0.361 e. The number of hydrogen-bond acceptors (Lipinski definition) is 6. The summed E-state index contributed by atoms with van der Waals surface area (Å²) in [6.45, 7) is 2.63. The lowest BCUT2D eigenvalue weighted by atomic mass is 9.79. The molecule has 4 rings (SSSR count). The van der Waals surface area contributed by atoms with Crippen LogP contribution in [0.4, 0.5) is 0 Å². The van der Waals surface area contributed by atoms with Crippen LogP contribution in [0.5, 0.6) is 5.75 Å². The summed E-state index contributed by atoms with van der Waals surface area (Å²) in [6.07, 6.45) is 2.12. The molecule has 0 aliphatic heterocycles. The van der Waals surface area contributed by atoms with Crippen molar-refractivity contribution < 1.29 is 14.3 Å². The molecule has 1 heterocycles. The fraction of sp³-hybridized carbons (Fsp3) is 0.348. The molecule has 6 nitrogen and oxygen atoms in total. The molecule has 1 aromatic heterocycles. The van der Waals surface area contributed by atoms with Crippen molar-refractivity contribution in [3.63, 3.8) is 0 Å². The molecule has 0 amide bonds. The smallest absolute Gasteiger partial charge is 0.361 e. The first-order chi connectivity index (χ1) is 15.1. The highest BCUT2D eigenvalue weighted by Crippen LogP contribution is 2.46. The molecule has 0 saturated heterocycles. The third kappa shape index (κ3) is 5.13. The topological polar surface area (TPSA) is 66.2 Å². The number of rotatable bonds is 8. The average Bonchev–Trinajstić information content (AvgIpc) is 3.14. The molecule has 8 heteroatoms. The first-order valence-corrected chi connectivity index (χ1v) is 11.9. The molecule has 0 N–H and O–H groups in total. The molecule has 0 spiro atoms. The van der Waals surface area contributed by atoms with E-state index in [4.69, 9.17) is 9.47 Å². The van der Waals surface area contributed by atoms with Gasteiger partial charge >= 0.3 is 5.97 Å². The van der Waals surface area contributed by atoms with Crippen LogP contribution in [0.25, 0.3) is 0 Å². The highest BCUT2D eigenvalue weighted by Gasteiger charge is 2.34. The molecule has 0 atom stereocenters. The van der Waals surface area contributed by atoms with Crippen LogP contribution in [0, 0.1) is 0 Å². The second kappa shape index (κ2) is 9.87. The van der Waals surface area contributed by atoms with Gasteiger partial charge in [0, 0.05) is 9.72 Å². The van der Waals surface area contributed by atoms with Crippen molar-refractivity contribution in [3.05, 3.63) is 69.8 Å². The summed E-state index contributed by atoms with van der Waals surface area (Å²) in [7, 11) is 1.65. The number of methoxy groups -OCH3 is 1. The van der Waals surface area contributed by atoms with E-state index >= 15 is 0 Å². The fourth-order valence-electron chi connectivity index (χ4n) is 3.58. The van der Waals surface area contributed by atoms with E-state index in [-0.39, 0.29) is 0 Å². The number of hydrogen-bond donors (Lipinski definition) is 0. The van der Waals surface area contributed by atoms with E-state index in [1.54, 1.807) is 30.5 Å². The predicted molar refractivity (Wildman–Crippen MR) is 124 cm³/mol. The molecule has 0 unspecified atom stereocenters. The van der Waals surface area contributed by atoms with Crippen molar-refractivity contribution in [1.29, 1.82) is 0 Å². The third-order valence-electron chi connectivity index (χ3n) is 5.36. The van der Waals surface area contributed by atoms with Gasteiger partial charge in [0.2, 0.25) is 5.69 Å². The Kier molecular flexibility index (Phi) is 6.97. The first kappa shape index (κ1) is 21.9. The Morgan fingerprint density at radius 2 is 1.87 bits per heavy atom. The van der Waals surface area contributed by atoms with E-state index in [1.165, 1.54) is 5.56 Å². The second-order valence-electron chi connectivity index (χ2n) is 7.43. The SMILES string of the molecule is CCOC(=O)c1nnn(Cc2ccc(OC)cc2)c1SC1CC(c2ccc(Br)cc2)C1. The number of halogens is 1. The van der Waals surface area contributed by atoms with Crippen molar-refractivity contribution in [2.45, 2.75) is 42.5 Å². The summed E-state index contributed by atoms with van der Waals surface area (Å²) in [6, 6.07) is 16.3. The van der Waals surface area contributed by atoms with Crippen LogP contribution in [0.2, 0.25) is 0 Å². The normalized spacial score (nSPS) is 17.8. The minimum absolute atomic E-state index is 0.299. The largest absolute Gasteiger partial charge is 0.497 e. The van der Waals surface area contributed by atoms with Gasteiger partial charge in [0.25, 0.3) is 0 Å². The van der Waals surface area contributed by atoms with Gasteiger partial charge in [-0.2, -0.15) is 0 Å². The Balaban J connectivity index is 1.49. The summed E-state index contributed by atoms with van der Waals surface area (Å²) in [5.74, 6) is 0.926. The van der Waals surface area contributed by atoms with Gasteiger partial charge < -0.3 is 9.47 Å². The molecule has 1 aliphatic rings. The lowest BCUT2D eigenvalue weighted by molar-refractivity contribution is 0.0515. The number of esters is 1. The van der Waals surface area contributed by atoms with Gasteiger partial charge in [0.05, 0.1) is 20.3 Å². The molecular weight excluding hydrogens is 478 g/mol. The quantitative estimate of drug-likeness (QED) is 0.389. The van der Waals surface area contributed by atoms with Crippen molar-refractivity contribution in [1.82, 2.24) is 15.0 Å². The van der Waals surface area contributed by atoms with E-state index in [0.717, 1.165) is 33.7 Å². The molecule has 31 heavy (non-hydrogen) atoms. The highest BCUT2D eigenvalue weighted by atomic mass is 79.9. The summed E-state index contributed by atoms with van der Waals surface area (Å²) < 4.78 is 13.3. The number of ether oxygens (including phenoxy) is 2. The molecule has 3 aromatic rings. The maximum absolute atomic E-state index is 12.4. The van der Waals surface area contributed by atoms with Crippen molar-refractivity contribution in [2.75, 3.05) is 13.7 Å². The Morgan fingerprint density at radius 1 is 1.16 bits per heavy atom. The number of benzene rings is 2. The molecule has 1 aliphatic carbocycles. The summed E-state index contributed by atoms with van der Waals surface area (Å²) in [5.41, 5.74) is 2.72. The molecular formula is C23H24BrN3O3S. The Bertz CT molecular complexity index is 1030. The Hall–Kier alpha value is -2.32. The minimum atomic E-state index is -0.422. The van der Waals surface area contributed by atoms with E-state index < -0.39 is 5.97 Å². The average molecular weight is 502 g/mol. The monoisotopic (exact) mass is 501 g/mol. The maximum atomic E-state index is 12.4. The van der Waals surface area contributed by atoms with Gasteiger partial charge in [-0.25, -0.2) is 9.48 Å². The summed E-state index contributed by atoms with van der Waals surface area (Å²) in [4.78, 5) is 12.4. The zero-order chi connectivity index (χ0) is 21.8. The highest BCUT2D eigenvalue weighted by molar-refractivity contribution is 9.10. The molecule has 1 fully saturated rings. The fourth-order valence-corrected chi connectivity index (χ4v) is 5.28. The molecule has 162 valence electrons. The van der Waals surface area contributed by atoms with Crippen molar-refractivity contribution >= 4 is 33.7 Å². The van der Waals surface area contributed by atoms with Gasteiger partial charge in [-0.1, -0.05) is 45.4 Å². The standard InChI is InChI=1S/C23H24BrN3O3S/c1-3-30-23(28)21-22(27(26-25-21)14-15-4-10-19(29-2)11-5-15)31-20-12-17(13-20)16-6-8-18(24)9-7-16/h4-11,17,20H,3,12-14H2,1-2H3. The lowest BCUT2D eigenvalue weighted by Crippen LogP contribution is -2.25. The van der Waals surface area contributed by atoms with Gasteiger partial charge in [0.1, 0.15) is 10.8 Å². The van der Waals surface area contributed by atoms with Crippen molar-refractivity contribution in [3.8, 4) is 5.75 Å². The molecule has 1 saturated carbocycles. The zero-order valence-corrected chi connectivity index (χ0v) is 19.9. The van der Waals surface area contributed by atoms with E-state index in [9.17, 15) is 4.79 Å². The van der Waals surface area contributed by atoms with Crippen LogP contribution < -0.4 is 4.74 Å². The van der Waals surface area contributed by atoms with Crippen LogP contribution in [-0.4, -0.2) is 39.9 Å². The van der Waals surface area contributed by atoms with Crippen LogP contribution in [0.3, 0.4) is 0 Å². The second-order valence-corrected chi connectivity index (χ2v) is 9.63. The molecule has 0 bridgehead atoms. The number of carbonyl (C=O) groups is 1. The van der Waals surface area contributed by atoms with E-state index in [2.05, 4.69) is 50.5 Å². The number of nitrogens with zero attached hydrogens (tertiary/aromatic N) is 3. The third-order valence-corrected chi connectivity index (χ3v) is 7.24. The van der Waals surface area contributed by atoms with Gasteiger partial charge in [-0.05, 0) is 61.1 Å². The van der Waals surface area contributed by atoms with Crippen LogP contribution >= 0.6 is 27.7 Å². The summed E-state index contributed by atoms with van der Waals surface area (Å²) >= 11 is 5.17. The van der Waals surface area contributed by atoms with E-state index in [0.29, 0.717) is 30.0 Å². The van der Waals surface area contributed by atoms with Crippen LogP contribution in [0.15, 0.2) is 58.0 Å². The van der Waals surface area contributed by atoms with Gasteiger partial charge in [-0.3, -0.25) is 0 Å². The Morgan fingerprint density at radius 3 is 2.52 bits per heavy atom. The first-order valence-electron chi connectivity index (χ1n) is 10.2. The minimum Gasteiger partial charge on any atom is -0.497 e. The van der Waals surface area contributed by atoms with Crippen molar-refractivity contribution in [2.24, 2.45) is 0 Å². The predicted octanol–water partition coefficient (Wildman–Crippen LogP) is 5.31. The lowest BCUT2D eigenvalue weighted by Gasteiger charge is -2.35. The Labute approximate surface area is 194 Å². The zero-order valence-electron chi connectivity index (χ0n) is 17.5. The van der Waals surface area contributed by atoms with E-state index in [1.807, 2.05) is 24.3 Å². The number of carbonyl (C=O) groups excluding carboxylic acids is 1. The number of thioether (sulfide) groups is 1. The van der Waals surface area contributed by atoms with Gasteiger partial charge in [0.15, 0.2) is 0 Å². The van der Waals surface area contributed by atoms with Crippen LogP contribution in [0.1, 0.15) is 47.3 Å². The van der Waals surface area contributed by atoms with Crippen LogP contribution in [-0.2, 0) is 11.3 Å². The van der Waals surface area contributed by atoms with Gasteiger partial charge in [-0.15, -0.1) is 16.9 Å². The summed E-state index contributed by atoms with van der Waals surface area (Å²) in [5, 5.41) is 9.60. The molecule has 0 radical (unpaired) electrons. The number of aromatic nitrogens is 3. The molecule has 2 aromatic carbocycles.